The zero-order valence-corrected chi connectivity index (χ0v) is 56.5. The van der Waals surface area contributed by atoms with Crippen LogP contribution < -0.4 is 5.32 Å². The van der Waals surface area contributed by atoms with Crippen molar-refractivity contribution in [3.05, 3.63) is 24.3 Å². The number of aliphatic hydroxyl groups is 2. The fraction of sp³-hybridized carbons (Fsp3) is 0.922. The number of aliphatic hydroxyl groups excluding tert-OH is 2. The van der Waals surface area contributed by atoms with Gasteiger partial charge in [-0.3, -0.25) is 9.59 Å². The Morgan fingerprint density at radius 2 is 0.602 bits per heavy atom. The second-order valence-electron chi connectivity index (χ2n) is 26.3. The number of esters is 1. The molecule has 0 aromatic heterocycles. The van der Waals surface area contributed by atoms with Gasteiger partial charge in [-0.15, -0.1) is 0 Å². The van der Waals surface area contributed by atoms with E-state index < -0.39 is 12.1 Å². The van der Waals surface area contributed by atoms with E-state index >= 15 is 0 Å². The number of amides is 1. The fourth-order valence-corrected chi connectivity index (χ4v) is 12.2. The maximum Gasteiger partial charge on any atom is 0.305 e. The molecule has 2 atom stereocenters. The van der Waals surface area contributed by atoms with Crippen molar-refractivity contribution >= 4 is 11.9 Å². The lowest BCUT2D eigenvalue weighted by molar-refractivity contribution is -0.143. The van der Waals surface area contributed by atoms with E-state index in [4.69, 9.17) is 4.74 Å². The molecule has 0 aliphatic rings. The first-order valence-electron chi connectivity index (χ1n) is 38.1. The molecule has 492 valence electrons. The van der Waals surface area contributed by atoms with Crippen LogP contribution in [-0.2, 0) is 14.3 Å². The molecule has 6 heteroatoms. The summed E-state index contributed by atoms with van der Waals surface area (Å²) in [4.78, 5) is 24.6. The molecule has 3 N–H and O–H groups in total. The first kappa shape index (κ1) is 81.3. The highest BCUT2D eigenvalue weighted by atomic mass is 16.5. The number of ether oxygens (including phenoxy) is 1. The van der Waals surface area contributed by atoms with E-state index in [0.29, 0.717) is 25.9 Å². The molecule has 83 heavy (non-hydrogen) atoms. The predicted molar refractivity (Wildman–Crippen MR) is 366 cm³/mol. The van der Waals surface area contributed by atoms with E-state index in [1.807, 2.05) is 0 Å². The van der Waals surface area contributed by atoms with Crippen LogP contribution in [0.3, 0.4) is 0 Å². The van der Waals surface area contributed by atoms with Gasteiger partial charge in [0.2, 0.25) is 5.91 Å². The second-order valence-corrected chi connectivity index (χ2v) is 26.3. The van der Waals surface area contributed by atoms with Crippen molar-refractivity contribution in [2.24, 2.45) is 0 Å². The molecular weight excluding hydrogens is 1020 g/mol. The molecule has 0 rings (SSSR count). The van der Waals surface area contributed by atoms with Crippen molar-refractivity contribution in [2.75, 3.05) is 13.2 Å². The van der Waals surface area contributed by atoms with E-state index in [0.717, 1.165) is 44.9 Å². The summed E-state index contributed by atoms with van der Waals surface area (Å²) in [5.41, 5.74) is 0. The van der Waals surface area contributed by atoms with Crippen LogP contribution in [0.1, 0.15) is 431 Å². The third-order valence-electron chi connectivity index (χ3n) is 18.0. The molecule has 0 saturated heterocycles. The standard InChI is InChI=1S/C77H149NO5/c1-3-5-7-9-11-13-15-16-17-18-19-20-21-31-34-37-40-43-46-50-53-57-61-65-69-75(80)74(73-79)78-76(81)70-66-62-58-54-51-47-44-41-38-35-32-29-27-25-23-22-24-26-28-30-33-36-39-42-45-48-52-56-60-64-68-72-83-77(82)71-67-63-59-55-49-14-12-10-8-6-4-2/h24,26,30,33,74-75,79-80H,3-23,25,27-29,31-32,34-73H2,1-2H3,(H,78,81)/b26-24-,33-30-. The van der Waals surface area contributed by atoms with Crippen LogP contribution in [0.25, 0.3) is 0 Å². The summed E-state index contributed by atoms with van der Waals surface area (Å²) in [6.45, 7) is 4.99. The van der Waals surface area contributed by atoms with E-state index in [-0.39, 0.29) is 18.5 Å². The molecule has 0 aromatic carbocycles. The maximum absolute atomic E-state index is 12.6. The highest BCUT2D eigenvalue weighted by Gasteiger charge is 2.20. The smallest absolute Gasteiger partial charge is 0.305 e. The Bertz CT molecular complexity index is 1300. The van der Waals surface area contributed by atoms with Crippen LogP contribution in [0.5, 0.6) is 0 Å². The average Bonchev–Trinajstić information content (AvgIpc) is 3.50. The lowest BCUT2D eigenvalue weighted by Gasteiger charge is -2.22. The average molecular weight is 1170 g/mol. The lowest BCUT2D eigenvalue weighted by Crippen LogP contribution is -2.45. The maximum atomic E-state index is 12.6. The fourth-order valence-electron chi connectivity index (χ4n) is 12.2. The topological polar surface area (TPSA) is 95.9 Å². The molecule has 6 nitrogen and oxygen atoms in total. The normalized spacial score (nSPS) is 12.6. The minimum atomic E-state index is -0.665. The van der Waals surface area contributed by atoms with Gasteiger partial charge in [-0.2, -0.15) is 0 Å². The van der Waals surface area contributed by atoms with Crippen molar-refractivity contribution in [3.63, 3.8) is 0 Å². The first-order chi connectivity index (χ1) is 41.0. The van der Waals surface area contributed by atoms with Gasteiger partial charge in [0.1, 0.15) is 0 Å². The van der Waals surface area contributed by atoms with Gasteiger partial charge in [-0.1, -0.05) is 385 Å². The number of unbranched alkanes of at least 4 members (excludes halogenated alkanes) is 57. The van der Waals surface area contributed by atoms with Crippen LogP contribution >= 0.6 is 0 Å². The van der Waals surface area contributed by atoms with Gasteiger partial charge in [0.05, 0.1) is 25.4 Å². The van der Waals surface area contributed by atoms with Crippen LogP contribution in [0, 0.1) is 0 Å². The predicted octanol–water partition coefficient (Wildman–Crippen LogP) is 24.9. The summed E-state index contributed by atoms with van der Waals surface area (Å²) in [6, 6.07) is -0.542. The minimum Gasteiger partial charge on any atom is -0.466 e. The summed E-state index contributed by atoms with van der Waals surface area (Å²) in [5, 5.41) is 23.5. The van der Waals surface area contributed by atoms with Gasteiger partial charge >= 0.3 is 5.97 Å². The van der Waals surface area contributed by atoms with Crippen molar-refractivity contribution in [1.29, 1.82) is 0 Å². The largest absolute Gasteiger partial charge is 0.466 e. The molecule has 0 aromatic rings. The highest BCUT2D eigenvalue weighted by molar-refractivity contribution is 5.76. The van der Waals surface area contributed by atoms with Crippen LogP contribution in [0.4, 0.5) is 0 Å². The van der Waals surface area contributed by atoms with E-state index in [1.54, 1.807) is 0 Å². The zero-order valence-electron chi connectivity index (χ0n) is 56.5. The van der Waals surface area contributed by atoms with E-state index in [9.17, 15) is 19.8 Å². The Balaban J connectivity index is 3.39. The third kappa shape index (κ3) is 69.3. The van der Waals surface area contributed by atoms with Gasteiger partial charge in [0, 0.05) is 12.8 Å². The number of allylic oxidation sites excluding steroid dienone is 4. The molecule has 0 heterocycles. The Kier molecular flexibility index (Phi) is 71.4. The first-order valence-corrected chi connectivity index (χ1v) is 38.1. The van der Waals surface area contributed by atoms with Crippen molar-refractivity contribution in [1.82, 2.24) is 5.32 Å². The molecular formula is C77H149NO5. The summed E-state index contributed by atoms with van der Waals surface area (Å²) >= 11 is 0. The number of nitrogens with one attached hydrogen (secondary N) is 1. The van der Waals surface area contributed by atoms with Crippen LogP contribution in [0.2, 0.25) is 0 Å². The highest BCUT2D eigenvalue weighted by Crippen LogP contribution is 2.20. The van der Waals surface area contributed by atoms with E-state index in [1.165, 1.54) is 353 Å². The number of carbonyl (C=O) groups is 2. The Labute approximate surface area is 520 Å². The zero-order chi connectivity index (χ0) is 59.9. The number of hydrogen-bond acceptors (Lipinski definition) is 5. The molecule has 0 saturated carbocycles. The SMILES string of the molecule is CCCCCCCCCCCCCCCCCCCCCCCCCCC(O)C(CO)NC(=O)CCCCCCCCCCCCCCCCC/C=C\C/C=C\CCCCCCCCCCCOC(=O)CCCCCCCCCCCCC. The Morgan fingerprint density at radius 1 is 0.337 bits per heavy atom. The van der Waals surface area contributed by atoms with Gasteiger partial charge in [-0.05, 0) is 57.8 Å². The monoisotopic (exact) mass is 1170 g/mol. The number of rotatable bonds is 72. The summed E-state index contributed by atoms with van der Waals surface area (Å²) < 4.78 is 5.47. The molecule has 1 amide bonds. The van der Waals surface area contributed by atoms with Crippen LogP contribution in [-0.4, -0.2) is 47.4 Å². The van der Waals surface area contributed by atoms with Crippen molar-refractivity contribution in [2.45, 2.75) is 443 Å². The molecule has 2 unspecified atom stereocenters. The van der Waals surface area contributed by atoms with Gasteiger partial charge < -0.3 is 20.3 Å². The van der Waals surface area contributed by atoms with E-state index in [2.05, 4.69) is 43.5 Å². The lowest BCUT2D eigenvalue weighted by atomic mass is 10.0. The molecule has 0 aliphatic carbocycles. The quantitative estimate of drug-likeness (QED) is 0.0320. The van der Waals surface area contributed by atoms with Crippen molar-refractivity contribution < 1.29 is 24.5 Å². The molecule has 0 bridgehead atoms. The van der Waals surface area contributed by atoms with Gasteiger partial charge in [0.25, 0.3) is 0 Å². The Hall–Kier alpha value is -1.66. The van der Waals surface area contributed by atoms with Crippen molar-refractivity contribution in [3.8, 4) is 0 Å². The molecule has 0 fully saturated rings. The van der Waals surface area contributed by atoms with Gasteiger partial charge in [-0.25, -0.2) is 0 Å². The minimum absolute atomic E-state index is 0.0137. The second kappa shape index (κ2) is 72.8. The molecule has 0 spiro atoms. The summed E-state index contributed by atoms with van der Waals surface area (Å²) in [6.07, 6.45) is 92.5. The third-order valence-corrected chi connectivity index (χ3v) is 18.0. The summed E-state index contributed by atoms with van der Waals surface area (Å²) in [5.74, 6) is -0.0151. The summed E-state index contributed by atoms with van der Waals surface area (Å²) in [7, 11) is 0. The number of carbonyl (C=O) groups excluding carboxylic acids is 2. The molecule has 0 aliphatic heterocycles. The van der Waals surface area contributed by atoms with Gasteiger partial charge in [0.15, 0.2) is 0 Å². The van der Waals surface area contributed by atoms with Crippen LogP contribution in [0.15, 0.2) is 24.3 Å². The number of hydrogen-bond donors (Lipinski definition) is 3. The molecule has 0 radical (unpaired) electrons. The Morgan fingerprint density at radius 3 is 0.916 bits per heavy atom.